The summed E-state index contributed by atoms with van der Waals surface area (Å²) in [4.78, 5) is 54.6. The number of aliphatic hydroxyl groups excluding tert-OH is 1. The minimum absolute atomic E-state index is 0.0151. The van der Waals surface area contributed by atoms with E-state index in [-0.39, 0.29) is 31.6 Å². The molecule has 2 aromatic carbocycles. The van der Waals surface area contributed by atoms with Gasteiger partial charge in [0.1, 0.15) is 30.3 Å². The van der Waals surface area contributed by atoms with Gasteiger partial charge in [0.05, 0.1) is 25.9 Å². The number of phosphoric acid groups is 1. The highest BCUT2D eigenvalue weighted by atomic mass is 31.2. The molecule has 5 heterocycles. The van der Waals surface area contributed by atoms with Crippen LogP contribution in [0, 0.1) is 13.8 Å². The molecule has 0 aliphatic carbocycles. The van der Waals surface area contributed by atoms with Gasteiger partial charge in [0.15, 0.2) is 0 Å². The van der Waals surface area contributed by atoms with E-state index in [1.807, 2.05) is 60.7 Å². The van der Waals surface area contributed by atoms with Crippen molar-refractivity contribution in [2.24, 2.45) is 0 Å². The molecule has 0 radical (unpaired) electrons. The molecule has 3 aliphatic heterocycles. The lowest BCUT2D eigenvalue weighted by atomic mass is 9.99. The van der Waals surface area contributed by atoms with Crippen LogP contribution in [-0.2, 0) is 32.0 Å². The van der Waals surface area contributed by atoms with Crippen LogP contribution in [0.4, 0.5) is 0 Å². The lowest BCUT2D eigenvalue weighted by molar-refractivity contribution is -0.168. The smallest absolute Gasteiger partial charge is 0.402 e. The second-order valence-corrected chi connectivity index (χ2v) is 21.2. The number of aromatic amines is 2. The van der Waals surface area contributed by atoms with Crippen molar-refractivity contribution < 1.29 is 37.1 Å². The molecule has 3 fully saturated rings. The fourth-order valence-corrected chi connectivity index (χ4v) is 13.9. The normalized spacial score (nSPS) is 28.3. The van der Waals surface area contributed by atoms with Gasteiger partial charge in [-0.2, -0.15) is 0 Å². The fourth-order valence-electron chi connectivity index (χ4n) is 7.68. The third-order valence-corrected chi connectivity index (χ3v) is 17.1. The van der Waals surface area contributed by atoms with Gasteiger partial charge in [0.25, 0.3) is 19.4 Å². The third kappa shape index (κ3) is 7.25. The number of aryl methyl sites for hydroxylation is 2. The summed E-state index contributed by atoms with van der Waals surface area (Å²) in [5.74, 6) is 0. The summed E-state index contributed by atoms with van der Waals surface area (Å²) in [5, 5.41) is 12.0. The molecule has 16 nitrogen and oxygen atoms in total. The zero-order valence-corrected chi connectivity index (χ0v) is 33.0. The maximum Gasteiger partial charge on any atom is 0.475 e. The van der Waals surface area contributed by atoms with Crippen molar-refractivity contribution in [2.45, 2.75) is 88.9 Å². The maximum absolute atomic E-state index is 14.2. The van der Waals surface area contributed by atoms with Crippen LogP contribution in [0.15, 0.2) is 92.2 Å². The number of hydrogen-bond acceptors (Lipinski definition) is 12. The van der Waals surface area contributed by atoms with E-state index in [2.05, 4.69) is 30.7 Å². The van der Waals surface area contributed by atoms with Crippen LogP contribution in [0.25, 0.3) is 0 Å². The number of hydrogen-bond donors (Lipinski definition) is 3. The van der Waals surface area contributed by atoms with Crippen LogP contribution >= 0.6 is 7.82 Å². The molecule has 3 N–H and O–H groups in total. The fraction of sp³-hybridized carbons (Fsp3) is 0.459. The first-order chi connectivity index (χ1) is 26.1. The number of rotatable bonds is 10. The minimum atomic E-state index is -4.36. The van der Waals surface area contributed by atoms with Crippen LogP contribution < -0.4 is 32.9 Å². The first-order valence-electron chi connectivity index (χ1n) is 18.0. The van der Waals surface area contributed by atoms with Gasteiger partial charge in [-0.3, -0.25) is 42.3 Å². The largest absolute Gasteiger partial charge is 0.475 e. The summed E-state index contributed by atoms with van der Waals surface area (Å²) >= 11 is 0. The Bertz CT molecular complexity index is 2290. The van der Waals surface area contributed by atoms with Crippen LogP contribution in [0.5, 0.6) is 0 Å². The highest BCUT2D eigenvalue weighted by Gasteiger charge is 2.59. The molecule has 2 aromatic heterocycles. The summed E-state index contributed by atoms with van der Waals surface area (Å²) in [7, 11) is -7.56. The predicted molar refractivity (Wildman–Crippen MR) is 202 cm³/mol. The summed E-state index contributed by atoms with van der Waals surface area (Å²) in [6.07, 6.45) is -1.58. The van der Waals surface area contributed by atoms with Gasteiger partial charge < -0.3 is 19.0 Å². The Kier molecular flexibility index (Phi) is 10.6. The highest BCUT2D eigenvalue weighted by molar-refractivity contribution is 7.48. The van der Waals surface area contributed by atoms with Gasteiger partial charge in [-0.1, -0.05) is 81.4 Å². The van der Waals surface area contributed by atoms with Gasteiger partial charge in [-0.05, 0) is 29.3 Å². The molecule has 3 saturated heterocycles. The topological polar surface area (TPSA) is 202 Å². The Morgan fingerprint density at radius 3 is 1.95 bits per heavy atom. The summed E-state index contributed by atoms with van der Waals surface area (Å²) in [6.45, 7) is 8.18. The molecule has 4 aromatic rings. The Morgan fingerprint density at radius 2 is 1.42 bits per heavy atom. The second-order valence-electron chi connectivity index (χ2n) is 15.3. The lowest BCUT2D eigenvalue weighted by Gasteiger charge is -2.45. The van der Waals surface area contributed by atoms with E-state index >= 15 is 0 Å². The van der Waals surface area contributed by atoms with E-state index in [0.29, 0.717) is 5.56 Å². The molecule has 3 aliphatic rings. The number of nitrogens with zero attached hydrogens (tertiary/aromatic N) is 2. The number of phosphoric ester groups is 1. The van der Waals surface area contributed by atoms with E-state index in [9.17, 15) is 28.8 Å². The van der Waals surface area contributed by atoms with E-state index in [1.165, 1.54) is 28.5 Å². The standard InChI is InChI=1S/C37H45N4O12PSi/c1-23-18-40(34(45)38-32(23)43)30-16-27(53-55(36(3,4)5,25-12-8-6-9-13-25)26-14-10-7-11-15-26)28(50-30)20-48-54(47)49-22-37(21-42)29(52-54)17-31(51-37)41-19-24(2)33(44)39-35(41)46/h6-15,18-19,27-31,42H,16-17,20-22H2,1-5H3,(H,38,43,45)(H,39,44,46)/t27-,28+,29-,30+,31+,37-,54+/m0/s1. The molecular formula is C37H45N4O12PSi. The van der Waals surface area contributed by atoms with E-state index < -0.39 is 86.7 Å². The van der Waals surface area contributed by atoms with Crippen molar-refractivity contribution >= 4 is 26.5 Å². The van der Waals surface area contributed by atoms with E-state index in [1.54, 1.807) is 6.92 Å². The Hall–Kier alpha value is -4.03. The number of fused-ring (bicyclic) bond motifs is 1. The quantitative estimate of drug-likeness (QED) is 0.156. The Balaban J connectivity index is 1.20. The third-order valence-electron chi connectivity index (χ3n) is 10.6. The van der Waals surface area contributed by atoms with Crippen molar-refractivity contribution in [3.05, 3.63) is 126 Å². The monoisotopic (exact) mass is 796 g/mol. The minimum Gasteiger partial charge on any atom is -0.402 e. The van der Waals surface area contributed by atoms with E-state index in [0.717, 1.165) is 10.4 Å². The predicted octanol–water partition coefficient (Wildman–Crippen LogP) is 2.13. The number of benzene rings is 2. The average molecular weight is 797 g/mol. The van der Waals surface area contributed by atoms with Gasteiger partial charge in [0.2, 0.25) is 0 Å². The molecular weight excluding hydrogens is 751 g/mol. The molecule has 0 spiro atoms. The molecule has 55 heavy (non-hydrogen) atoms. The van der Waals surface area contributed by atoms with Gasteiger partial charge in [-0.25, -0.2) is 14.2 Å². The van der Waals surface area contributed by atoms with Crippen molar-refractivity contribution in [3.8, 4) is 0 Å². The van der Waals surface area contributed by atoms with Crippen LogP contribution in [-0.4, -0.2) is 76.3 Å². The first kappa shape index (κ1) is 39.2. The zero-order chi connectivity index (χ0) is 39.3. The number of aromatic nitrogens is 4. The lowest BCUT2D eigenvalue weighted by Crippen LogP contribution is -2.68. The molecule has 0 unspecified atom stereocenters. The molecule has 0 saturated carbocycles. The number of nitrogens with one attached hydrogen (secondary N) is 2. The molecule has 294 valence electrons. The number of H-pyrrole nitrogens is 2. The Labute approximate surface area is 316 Å². The van der Waals surface area contributed by atoms with Gasteiger partial charge in [-0.15, -0.1) is 0 Å². The first-order valence-corrected chi connectivity index (χ1v) is 21.4. The molecule has 0 bridgehead atoms. The second kappa shape index (κ2) is 14.8. The average Bonchev–Trinajstić information content (AvgIpc) is 3.74. The van der Waals surface area contributed by atoms with Crippen LogP contribution in [0.1, 0.15) is 57.2 Å². The SMILES string of the molecule is Cc1cn([C@H]2C[C@H](O[Si](c3ccccc3)(c3ccccc3)C(C)(C)C)[C@@H](CO[P@]3(=O)OC[C@]4(CO)O[C@@H](n5cc(C)c(=O)[nH]c5=O)C[C@@H]4O3)O2)c(=O)[nH]c1=O. The van der Waals surface area contributed by atoms with Crippen molar-refractivity contribution in [3.63, 3.8) is 0 Å². The van der Waals surface area contributed by atoms with Gasteiger partial charge >= 0.3 is 19.2 Å². The van der Waals surface area contributed by atoms with Gasteiger partial charge in [0, 0.05) is 36.4 Å². The molecule has 7 rings (SSSR count). The maximum atomic E-state index is 14.2. The van der Waals surface area contributed by atoms with Crippen molar-refractivity contribution in [1.82, 2.24) is 19.1 Å². The summed E-state index contributed by atoms with van der Waals surface area (Å²) in [6, 6.07) is 19.9. The molecule has 7 atom stereocenters. The van der Waals surface area contributed by atoms with Crippen LogP contribution in [0.2, 0.25) is 5.04 Å². The van der Waals surface area contributed by atoms with E-state index in [4.69, 9.17) is 27.5 Å². The molecule has 18 heteroatoms. The van der Waals surface area contributed by atoms with Crippen molar-refractivity contribution in [1.29, 1.82) is 0 Å². The highest BCUT2D eigenvalue weighted by Crippen LogP contribution is 2.59. The number of aliphatic hydroxyl groups is 1. The Morgan fingerprint density at radius 1 is 0.873 bits per heavy atom. The zero-order valence-electron chi connectivity index (χ0n) is 31.1. The van der Waals surface area contributed by atoms with Crippen molar-refractivity contribution in [2.75, 3.05) is 19.8 Å². The summed E-state index contributed by atoms with van der Waals surface area (Å²) in [5.41, 5.74) is -3.33. The molecule has 0 amide bonds. The summed E-state index contributed by atoms with van der Waals surface area (Å²) < 4.78 is 54.3. The number of ether oxygens (including phenoxy) is 2. The van der Waals surface area contributed by atoms with Crippen LogP contribution in [0.3, 0.4) is 0 Å².